The highest BCUT2D eigenvalue weighted by atomic mass is 32.2. The average molecular weight is 422 g/mol. The highest BCUT2D eigenvalue weighted by Gasteiger charge is 2.36. The summed E-state index contributed by atoms with van der Waals surface area (Å²) in [5.41, 5.74) is 1.55. The topological polar surface area (TPSA) is 96.6 Å². The van der Waals surface area contributed by atoms with Gasteiger partial charge in [0.15, 0.2) is 17.3 Å². The number of rotatable bonds is 5. The first-order valence-electron chi connectivity index (χ1n) is 8.92. The van der Waals surface area contributed by atoms with Crippen LogP contribution in [0.25, 0.3) is 6.08 Å². The fourth-order valence-electron chi connectivity index (χ4n) is 3.08. The number of fused-ring (bicyclic) bond motifs is 1. The van der Waals surface area contributed by atoms with Gasteiger partial charge in [-0.2, -0.15) is 15.1 Å². The molecule has 0 fully saturated rings. The highest BCUT2D eigenvalue weighted by molar-refractivity contribution is 8.27. The highest BCUT2D eigenvalue weighted by Crippen LogP contribution is 2.41. The van der Waals surface area contributed by atoms with E-state index in [0.29, 0.717) is 33.0 Å². The predicted molar refractivity (Wildman–Crippen MR) is 117 cm³/mol. The Bertz CT molecular complexity index is 1130. The number of nitrogens with zero attached hydrogens (tertiary/aromatic N) is 3. The van der Waals surface area contributed by atoms with Crippen molar-refractivity contribution >= 4 is 39.8 Å². The van der Waals surface area contributed by atoms with Gasteiger partial charge >= 0.3 is 0 Å². The Morgan fingerprint density at radius 1 is 1.00 bits per heavy atom. The van der Waals surface area contributed by atoms with E-state index in [1.165, 1.54) is 38.1 Å². The zero-order valence-corrected chi connectivity index (χ0v) is 17.3. The molecule has 2 aromatic carbocycles. The van der Waals surface area contributed by atoms with Crippen LogP contribution in [0.2, 0.25) is 0 Å². The number of carbonyl (C=O) groups is 1. The molecule has 1 N–H and O–H groups in total. The molecule has 152 valence electrons. The Hall–Kier alpha value is -3.59. The Kier molecular flexibility index (Phi) is 5.28. The molecule has 2 aromatic rings. The van der Waals surface area contributed by atoms with Crippen molar-refractivity contribution in [3.63, 3.8) is 0 Å². The quantitative estimate of drug-likeness (QED) is 0.742. The fraction of sp³-hybridized carbons (Fsp3) is 0.143. The third kappa shape index (κ3) is 3.33. The van der Waals surface area contributed by atoms with Crippen molar-refractivity contribution in [2.24, 2.45) is 10.1 Å². The lowest BCUT2D eigenvalue weighted by Gasteiger charge is -2.21. The summed E-state index contributed by atoms with van der Waals surface area (Å²) in [5, 5.41) is 15.4. The number of hydrogen-bond donors (Lipinski definition) is 1. The van der Waals surface area contributed by atoms with Gasteiger partial charge in [0.25, 0.3) is 5.91 Å². The number of hydrazone groups is 1. The predicted octanol–water partition coefficient (Wildman–Crippen LogP) is 3.38. The Morgan fingerprint density at radius 2 is 1.73 bits per heavy atom. The van der Waals surface area contributed by atoms with Crippen LogP contribution in [-0.2, 0) is 4.79 Å². The van der Waals surface area contributed by atoms with E-state index in [4.69, 9.17) is 19.6 Å². The van der Waals surface area contributed by atoms with E-state index in [-0.39, 0.29) is 11.4 Å². The number of carbonyl (C=O) groups excluding carboxylic acids is 1. The fourth-order valence-corrected chi connectivity index (χ4v) is 3.98. The summed E-state index contributed by atoms with van der Waals surface area (Å²) in [4.78, 5) is 16.8. The zero-order chi connectivity index (χ0) is 21.3. The molecular formula is C21H18N4O4S. The second-order valence-electron chi connectivity index (χ2n) is 6.21. The molecule has 0 aliphatic carbocycles. The Morgan fingerprint density at radius 3 is 2.40 bits per heavy atom. The van der Waals surface area contributed by atoms with Crippen LogP contribution < -0.4 is 14.2 Å². The maximum Gasteiger partial charge on any atom is 0.283 e. The molecule has 0 spiro atoms. The number of methoxy groups -OCH3 is 3. The van der Waals surface area contributed by atoms with Crippen LogP contribution in [0.4, 0.5) is 0 Å². The van der Waals surface area contributed by atoms with Crippen molar-refractivity contribution < 1.29 is 19.0 Å². The molecular weight excluding hydrogens is 404 g/mol. The van der Waals surface area contributed by atoms with Crippen molar-refractivity contribution in [3.05, 3.63) is 59.2 Å². The molecule has 0 aromatic heterocycles. The lowest BCUT2D eigenvalue weighted by atomic mass is 10.1. The number of hydrogen-bond acceptors (Lipinski definition) is 7. The lowest BCUT2D eigenvalue weighted by molar-refractivity contribution is -0.114. The normalized spacial score (nSPS) is 16.9. The molecule has 0 saturated heterocycles. The number of thioether (sulfide) groups is 1. The number of amidine groups is 2. The number of benzene rings is 2. The van der Waals surface area contributed by atoms with Gasteiger partial charge in [-0.15, -0.1) is 0 Å². The summed E-state index contributed by atoms with van der Waals surface area (Å²) < 4.78 is 16.2. The summed E-state index contributed by atoms with van der Waals surface area (Å²) in [6, 6.07) is 13.0. The molecule has 2 heterocycles. The molecule has 0 saturated carbocycles. The van der Waals surface area contributed by atoms with Crippen LogP contribution in [0.5, 0.6) is 17.2 Å². The van der Waals surface area contributed by atoms with Crippen molar-refractivity contribution in [1.82, 2.24) is 5.01 Å². The third-order valence-electron chi connectivity index (χ3n) is 4.51. The van der Waals surface area contributed by atoms with Gasteiger partial charge in [-0.3, -0.25) is 10.2 Å². The summed E-state index contributed by atoms with van der Waals surface area (Å²) in [6.45, 7) is 0. The smallest absolute Gasteiger partial charge is 0.283 e. The molecule has 2 aliphatic heterocycles. The first kappa shape index (κ1) is 19.7. The summed E-state index contributed by atoms with van der Waals surface area (Å²) in [6.07, 6.45) is 1.55. The molecule has 2 aliphatic rings. The van der Waals surface area contributed by atoms with Gasteiger partial charge in [0, 0.05) is 11.1 Å². The maximum absolute atomic E-state index is 12.7. The van der Waals surface area contributed by atoms with E-state index in [1.807, 2.05) is 30.3 Å². The van der Waals surface area contributed by atoms with Gasteiger partial charge in [0.05, 0.1) is 26.9 Å². The molecule has 1 amide bonds. The number of ether oxygens (including phenoxy) is 3. The van der Waals surface area contributed by atoms with Crippen LogP contribution in [0.1, 0.15) is 11.1 Å². The summed E-state index contributed by atoms with van der Waals surface area (Å²) in [7, 11) is 4.53. The molecule has 8 nitrogen and oxygen atoms in total. The van der Waals surface area contributed by atoms with Crippen LogP contribution in [0, 0.1) is 5.41 Å². The second-order valence-corrected chi connectivity index (χ2v) is 7.17. The second kappa shape index (κ2) is 8.03. The molecule has 9 heteroatoms. The van der Waals surface area contributed by atoms with Crippen LogP contribution in [0.15, 0.2) is 58.1 Å². The number of aliphatic imine (C=N–C) groups is 1. The zero-order valence-electron chi connectivity index (χ0n) is 16.5. The maximum atomic E-state index is 12.7. The van der Waals surface area contributed by atoms with Gasteiger partial charge in [0.2, 0.25) is 10.9 Å². The van der Waals surface area contributed by atoms with Gasteiger partial charge in [-0.05, 0) is 30.0 Å². The first-order valence-corrected chi connectivity index (χ1v) is 9.73. The molecule has 0 unspecified atom stereocenters. The Labute approximate surface area is 177 Å². The van der Waals surface area contributed by atoms with Gasteiger partial charge in [-0.1, -0.05) is 30.3 Å². The minimum Gasteiger partial charge on any atom is -0.493 e. The summed E-state index contributed by atoms with van der Waals surface area (Å²) >= 11 is 1.26. The molecule has 30 heavy (non-hydrogen) atoms. The van der Waals surface area contributed by atoms with E-state index >= 15 is 0 Å². The minimum absolute atomic E-state index is 0.0553. The molecule has 4 rings (SSSR count). The van der Waals surface area contributed by atoms with E-state index in [2.05, 4.69) is 10.1 Å². The minimum atomic E-state index is -0.514. The van der Waals surface area contributed by atoms with Crippen LogP contribution >= 0.6 is 11.8 Å². The van der Waals surface area contributed by atoms with Crippen LogP contribution in [0.3, 0.4) is 0 Å². The van der Waals surface area contributed by atoms with Crippen molar-refractivity contribution in [2.45, 2.75) is 0 Å². The number of nitrogens with one attached hydrogen (secondary N) is 1. The lowest BCUT2D eigenvalue weighted by Crippen LogP contribution is -2.35. The molecule has 0 radical (unpaired) electrons. The monoisotopic (exact) mass is 422 g/mol. The van der Waals surface area contributed by atoms with Crippen LogP contribution in [-0.4, -0.2) is 48.3 Å². The number of amides is 1. The third-order valence-corrected chi connectivity index (χ3v) is 5.47. The van der Waals surface area contributed by atoms with E-state index < -0.39 is 5.91 Å². The average Bonchev–Trinajstić information content (AvgIpc) is 3.20. The largest absolute Gasteiger partial charge is 0.493 e. The van der Waals surface area contributed by atoms with Gasteiger partial charge in [0.1, 0.15) is 5.04 Å². The van der Waals surface area contributed by atoms with E-state index in [1.54, 1.807) is 18.2 Å². The molecule has 0 atom stereocenters. The summed E-state index contributed by atoms with van der Waals surface area (Å²) in [5.74, 6) is 0.716. The Balaban J connectivity index is 1.74. The van der Waals surface area contributed by atoms with Gasteiger partial charge < -0.3 is 14.2 Å². The van der Waals surface area contributed by atoms with E-state index in [0.717, 1.165) is 5.56 Å². The SMILES string of the molecule is COc1ccc(C=C2C(=N)N3N=C(c4ccccc4)SC3=NC2=O)c(OC)c1OC. The van der Waals surface area contributed by atoms with Crippen molar-refractivity contribution in [3.8, 4) is 17.2 Å². The van der Waals surface area contributed by atoms with E-state index in [9.17, 15) is 4.79 Å². The van der Waals surface area contributed by atoms with Crippen molar-refractivity contribution in [2.75, 3.05) is 21.3 Å². The van der Waals surface area contributed by atoms with Crippen molar-refractivity contribution in [1.29, 1.82) is 5.41 Å². The van der Waals surface area contributed by atoms with Gasteiger partial charge in [-0.25, -0.2) is 0 Å². The standard InChI is InChI=1S/C21H18N4O4S/c1-27-15-10-9-13(16(28-2)17(15)29-3)11-14-18(22)25-21(23-19(14)26)30-20(24-25)12-7-5-4-6-8-12/h4-11,22H,1-3H3. The first-order chi connectivity index (χ1) is 14.6. The molecule has 0 bridgehead atoms.